The minimum atomic E-state index is -0.327. The predicted molar refractivity (Wildman–Crippen MR) is 65.9 cm³/mol. The molecule has 5 nitrogen and oxygen atoms in total. The second kappa shape index (κ2) is 8.31. The zero-order valence-corrected chi connectivity index (χ0v) is 10.7. The number of urea groups is 1. The van der Waals surface area contributed by atoms with E-state index >= 15 is 0 Å². The monoisotopic (exact) mass is 244 g/mol. The number of primary amides is 1. The highest BCUT2D eigenvalue weighted by molar-refractivity contribution is 5.72. The number of carbonyl (C=O) groups is 1. The van der Waals surface area contributed by atoms with E-state index in [4.69, 9.17) is 15.2 Å². The zero-order valence-electron chi connectivity index (χ0n) is 10.7. The van der Waals surface area contributed by atoms with Crippen LogP contribution in [0.4, 0.5) is 4.79 Å². The normalized spacial score (nSPS) is 17.4. The fourth-order valence-electron chi connectivity index (χ4n) is 1.87. The van der Waals surface area contributed by atoms with E-state index in [9.17, 15) is 4.79 Å². The summed E-state index contributed by atoms with van der Waals surface area (Å²) in [6, 6.07) is -0.327. The molecule has 0 spiro atoms. The van der Waals surface area contributed by atoms with Gasteiger partial charge in [-0.1, -0.05) is 13.3 Å². The first kappa shape index (κ1) is 14.3. The lowest BCUT2D eigenvalue weighted by Gasteiger charge is -2.30. The summed E-state index contributed by atoms with van der Waals surface area (Å²) in [6.45, 7) is 5.68. The number of unbranched alkanes of at least 4 members (excludes halogenated alkanes) is 1. The fraction of sp³-hybridized carbons (Fsp3) is 0.917. The summed E-state index contributed by atoms with van der Waals surface area (Å²) in [5, 5.41) is 0. The van der Waals surface area contributed by atoms with Gasteiger partial charge in [0.1, 0.15) is 0 Å². The Labute approximate surface area is 103 Å². The molecule has 0 bridgehead atoms. The molecule has 0 atom stereocenters. The maximum absolute atomic E-state index is 10.9. The molecular weight excluding hydrogens is 220 g/mol. The molecule has 2 amide bonds. The quantitative estimate of drug-likeness (QED) is 0.688. The number of hydrogen-bond acceptors (Lipinski definition) is 3. The minimum absolute atomic E-state index is 0.250. The molecular formula is C12H24N2O3. The maximum atomic E-state index is 10.9. The first-order valence-corrected chi connectivity index (χ1v) is 6.47. The molecule has 1 aliphatic rings. The molecule has 0 unspecified atom stereocenters. The molecule has 0 aromatic heterocycles. The Hall–Kier alpha value is -0.810. The van der Waals surface area contributed by atoms with Crippen molar-refractivity contribution in [2.75, 3.05) is 32.9 Å². The largest absolute Gasteiger partial charge is 0.379 e. The summed E-state index contributed by atoms with van der Waals surface area (Å²) in [7, 11) is 0. The number of likely N-dealkylation sites (tertiary alicyclic amines) is 1. The molecule has 1 fully saturated rings. The summed E-state index contributed by atoms with van der Waals surface area (Å²) < 4.78 is 11.1. The van der Waals surface area contributed by atoms with Gasteiger partial charge in [0, 0.05) is 19.7 Å². The van der Waals surface area contributed by atoms with E-state index in [0.29, 0.717) is 26.3 Å². The SMILES string of the molecule is CCCCOCCOC1CCN(C(N)=O)CC1. The van der Waals surface area contributed by atoms with E-state index in [-0.39, 0.29) is 12.1 Å². The van der Waals surface area contributed by atoms with Gasteiger partial charge in [0.15, 0.2) is 0 Å². The van der Waals surface area contributed by atoms with E-state index in [1.165, 1.54) is 0 Å². The average molecular weight is 244 g/mol. The van der Waals surface area contributed by atoms with Crippen molar-refractivity contribution in [1.29, 1.82) is 0 Å². The molecule has 1 aliphatic heterocycles. The highest BCUT2D eigenvalue weighted by atomic mass is 16.5. The molecule has 100 valence electrons. The summed E-state index contributed by atoms with van der Waals surface area (Å²) in [6.07, 6.45) is 4.26. The van der Waals surface area contributed by atoms with E-state index in [1.807, 2.05) is 0 Å². The van der Waals surface area contributed by atoms with Gasteiger partial charge in [-0.2, -0.15) is 0 Å². The third kappa shape index (κ3) is 5.89. The van der Waals surface area contributed by atoms with Crippen LogP contribution in [0, 0.1) is 0 Å². The van der Waals surface area contributed by atoms with Gasteiger partial charge in [0.25, 0.3) is 0 Å². The number of ether oxygens (including phenoxy) is 2. The zero-order chi connectivity index (χ0) is 12.5. The van der Waals surface area contributed by atoms with Crippen LogP contribution in [-0.4, -0.2) is 49.9 Å². The van der Waals surface area contributed by atoms with Crippen LogP contribution in [0.25, 0.3) is 0 Å². The van der Waals surface area contributed by atoms with Gasteiger partial charge < -0.3 is 20.1 Å². The van der Waals surface area contributed by atoms with Gasteiger partial charge in [-0.3, -0.25) is 0 Å². The standard InChI is InChI=1S/C12H24N2O3/c1-2-3-8-16-9-10-17-11-4-6-14(7-5-11)12(13)15/h11H,2-10H2,1H3,(H2,13,15). The minimum Gasteiger partial charge on any atom is -0.379 e. The van der Waals surface area contributed by atoms with Crippen LogP contribution >= 0.6 is 0 Å². The van der Waals surface area contributed by atoms with Gasteiger partial charge in [0.05, 0.1) is 19.3 Å². The Morgan fingerprint density at radius 3 is 2.59 bits per heavy atom. The number of nitrogens with zero attached hydrogens (tertiary/aromatic N) is 1. The Morgan fingerprint density at radius 2 is 2.00 bits per heavy atom. The van der Waals surface area contributed by atoms with Crippen LogP contribution < -0.4 is 5.73 Å². The number of carbonyl (C=O) groups excluding carboxylic acids is 1. The number of rotatable bonds is 7. The Morgan fingerprint density at radius 1 is 1.29 bits per heavy atom. The first-order valence-electron chi connectivity index (χ1n) is 6.47. The Balaban J connectivity index is 1.97. The van der Waals surface area contributed by atoms with Crippen LogP contribution in [0.5, 0.6) is 0 Å². The molecule has 5 heteroatoms. The summed E-state index contributed by atoms with van der Waals surface area (Å²) in [5.74, 6) is 0. The van der Waals surface area contributed by atoms with Crippen molar-refractivity contribution in [1.82, 2.24) is 4.90 Å². The number of hydrogen-bond donors (Lipinski definition) is 1. The molecule has 1 rings (SSSR count). The van der Waals surface area contributed by atoms with Gasteiger partial charge in [-0.25, -0.2) is 4.79 Å². The molecule has 0 aromatic rings. The second-order valence-corrected chi connectivity index (χ2v) is 4.36. The molecule has 1 heterocycles. The Kier molecular flexibility index (Phi) is 6.96. The van der Waals surface area contributed by atoms with Crippen LogP contribution in [-0.2, 0) is 9.47 Å². The average Bonchev–Trinajstić information content (AvgIpc) is 2.34. The highest BCUT2D eigenvalue weighted by Crippen LogP contribution is 2.13. The van der Waals surface area contributed by atoms with Crippen molar-refractivity contribution < 1.29 is 14.3 Å². The smallest absolute Gasteiger partial charge is 0.314 e. The number of amides is 2. The molecule has 0 radical (unpaired) electrons. The van der Waals surface area contributed by atoms with Crippen molar-refractivity contribution in [2.24, 2.45) is 5.73 Å². The van der Waals surface area contributed by atoms with E-state index < -0.39 is 0 Å². The molecule has 2 N–H and O–H groups in total. The van der Waals surface area contributed by atoms with E-state index in [0.717, 1.165) is 32.3 Å². The molecule has 0 saturated carbocycles. The van der Waals surface area contributed by atoms with Gasteiger partial charge >= 0.3 is 6.03 Å². The van der Waals surface area contributed by atoms with Crippen molar-refractivity contribution >= 4 is 6.03 Å². The first-order chi connectivity index (χ1) is 8.24. The summed E-state index contributed by atoms with van der Waals surface area (Å²) in [5.41, 5.74) is 5.21. The third-order valence-corrected chi connectivity index (χ3v) is 2.98. The summed E-state index contributed by atoms with van der Waals surface area (Å²) in [4.78, 5) is 12.6. The van der Waals surface area contributed by atoms with Crippen molar-refractivity contribution in [2.45, 2.75) is 38.7 Å². The Bertz CT molecular complexity index is 216. The van der Waals surface area contributed by atoms with Crippen LogP contribution in [0.2, 0.25) is 0 Å². The van der Waals surface area contributed by atoms with Gasteiger partial charge in [0.2, 0.25) is 0 Å². The third-order valence-electron chi connectivity index (χ3n) is 2.98. The van der Waals surface area contributed by atoms with Crippen molar-refractivity contribution in [3.63, 3.8) is 0 Å². The second-order valence-electron chi connectivity index (χ2n) is 4.36. The molecule has 17 heavy (non-hydrogen) atoms. The lowest BCUT2D eigenvalue weighted by molar-refractivity contribution is -0.0176. The lowest BCUT2D eigenvalue weighted by atomic mass is 10.1. The van der Waals surface area contributed by atoms with Crippen LogP contribution in [0.3, 0.4) is 0 Å². The number of nitrogens with two attached hydrogens (primary N) is 1. The predicted octanol–water partition coefficient (Wildman–Crippen LogP) is 1.36. The fourth-order valence-corrected chi connectivity index (χ4v) is 1.87. The molecule has 0 aromatic carbocycles. The van der Waals surface area contributed by atoms with Crippen molar-refractivity contribution in [3.8, 4) is 0 Å². The topological polar surface area (TPSA) is 64.8 Å². The lowest BCUT2D eigenvalue weighted by Crippen LogP contribution is -2.43. The number of piperidine rings is 1. The summed E-state index contributed by atoms with van der Waals surface area (Å²) >= 11 is 0. The molecule has 0 aliphatic carbocycles. The van der Waals surface area contributed by atoms with Crippen LogP contribution in [0.1, 0.15) is 32.6 Å². The highest BCUT2D eigenvalue weighted by Gasteiger charge is 2.21. The van der Waals surface area contributed by atoms with Gasteiger partial charge in [-0.15, -0.1) is 0 Å². The van der Waals surface area contributed by atoms with E-state index in [2.05, 4.69) is 6.92 Å². The maximum Gasteiger partial charge on any atom is 0.314 e. The van der Waals surface area contributed by atoms with Gasteiger partial charge in [-0.05, 0) is 19.3 Å². The van der Waals surface area contributed by atoms with Crippen molar-refractivity contribution in [3.05, 3.63) is 0 Å². The molecule has 1 saturated heterocycles. The van der Waals surface area contributed by atoms with E-state index in [1.54, 1.807) is 4.90 Å². The van der Waals surface area contributed by atoms with Crippen LogP contribution in [0.15, 0.2) is 0 Å².